The fourth-order valence-electron chi connectivity index (χ4n) is 1.47. The third kappa shape index (κ3) is 2.29. The van der Waals surface area contributed by atoms with Gasteiger partial charge in [0.1, 0.15) is 0 Å². The van der Waals surface area contributed by atoms with Crippen molar-refractivity contribution < 1.29 is 9.59 Å². The van der Waals surface area contributed by atoms with Gasteiger partial charge in [0.25, 0.3) is 5.91 Å². The number of rotatable bonds is 3. The Bertz CT molecular complexity index is 435. The summed E-state index contributed by atoms with van der Waals surface area (Å²) in [6, 6.07) is -0.466. The molecule has 5 heteroatoms. The number of Topliss-reactive ketones (excluding diaryl/α,β-unsaturated/α-hetero) is 1. The first-order valence-electron chi connectivity index (χ1n) is 5.16. The van der Waals surface area contributed by atoms with E-state index >= 15 is 0 Å². The summed E-state index contributed by atoms with van der Waals surface area (Å²) in [6.07, 6.45) is 0. The standard InChI is InChI=1S/C11H17N3O2/c1-6(9(4)15)12-11(16)10-7(2)13-14(5)8(10)3/h6H,1-5H3,(H,12,16). The molecule has 1 aromatic heterocycles. The van der Waals surface area contributed by atoms with Crippen LogP contribution < -0.4 is 5.32 Å². The van der Waals surface area contributed by atoms with E-state index in [1.807, 2.05) is 6.92 Å². The molecule has 1 amide bonds. The molecule has 0 spiro atoms. The maximum atomic E-state index is 11.9. The smallest absolute Gasteiger partial charge is 0.255 e. The largest absolute Gasteiger partial charge is 0.342 e. The Hall–Kier alpha value is -1.65. The zero-order chi connectivity index (χ0) is 12.5. The molecule has 1 N–H and O–H groups in total. The highest BCUT2D eigenvalue weighted by Crippen LogP contribution is 2.11. The van der Waals surface area contributed by atoms with Crippen LogP contribution in [0.25, 0.3) is 0 Å². The van der Waals surface area contributed by atoms with Gasteiger partial charge in [-0.1, -0.05) is 0 Å². The Kier molecular flexibility index (Phi) is 3.47. The molecule has 1 aromatic rings. The van der Waals surface area contributed by atoms with Crippen molar-refractivity contribution in [1.29, 1.82) is 0 Å². The van der Waals surface area contributed by atoms with Crippen LogP contribution in [-0.4, -0.2) is 27.5 Å². The minimum atomic E-state index is -0.466. The number of hydrogen-bond donors (Lipinski definition) is 1. The van der Waals surface area contributed by atoms with Crippen molar-refractivity contribution in [1.82, 2.24) is 15.1 Å². The van der Waals surface area contributed by atoms with E-state index in [9.17, 15) is 9.59 Å². The van der Waals surface area contributed by atoms with Crippen LogP contribution >= 0.6 is 0 Å². The first-order chi connectivity index (χ1) is 7.34. The number of aromatic nitrogens is 2. The number of amides is 1. The highest BCUT2D eigenvalue weighted by Gasteiger charge is 2.19. The van der Waals surface area contributed by atoms with Gasteiger partial charge in [-0.2, -0.15) is 5.10 Å². The highest BCUT2D eigenvalue weighted by atomic mass is 16.2. The summed E-state index contributed by atoms with van der Waals surface area (Å²) in [5.41, 5.74) is 2.02. The summed E-state index contributed by atoms with van der Waals surface area (Å²) in [5.74, 6) is -0.307. The molecule has 0 fully saturated rings. The van der Waals surface area contributed by atoms with Gasteiger partial charge in [-0.15, -0.1) is 0 Å². The van der Waals surface area contributed by atoms with E-state index in [0.717, 1.165) is 5.69 Å². The maximum Gasteiger partial charge on any atom is 0.255 e. The van der Waals surface area contributed by atoms with E-state index < -0.39 is 6.04 Å². The van der Waals surface area contributed by atoms with Gasteiger partial charge in [0, 0.05) is 12.7 Å². The zero-order valence-corrected chi connectivity index (χ0v) is 10.3. The van der Waals surface area contributed by atoms with Crippen LogP contribution in [0.5, 0.6) is 0 Å². The lowest BCUT2D eigenvalue weighted by Gasteiger charge is -2.10. The Labute approximate surface area is 94.8 Å². The molecule has 5 nitrogen and oxygen atoms in total. The molecule has 1 rings (SSSR count). The number of ketones is 1. The molecule has 16 heavy (non-hydrogen) atoms. The van der Waals surface area contributed by atoms with E-state index in [1.54, 1.807) is 25.6 Å². The van der Waals surface area contributed by atoms with E-state index in [-0.39, 0.29) is 11.7 Å². The van der Waals surface area contributed by atoms with E-state index in [2.05, 4.69) is 10.4 Å². The zero-order valence-electron chi connectivity index (χ0n) is 10.3. The van der Waals surface area contributed by atoms with Gasteiger partial charge in [0.15, 0.2) is 5.78 Å². The highest BCUT2D eigenvalue weighted by molar-refractivity contribution is 5.99. The lowest BCUT2D eigenvalue weighted by Crippen LogP contribution is -2.37. The topological polar surface area (TPSA) is 64.0 Å². The second kappa shape index (κ2) is 4.47. The monoisotopic (exact) mass is 223 g/mol. The van der Waals surface area contributed by atoms with E-state index in [4.69, 9.17) is 0 Å². The first-order valence-corrected chi connectivity index (χ1v) is 5.16. The molecule has 0 aliphatic rings. The lowest BCUT2D eigenvalue weighted by atomic mass is 10.1. The van der Waals surface area contributed by atoms with Gasteiger partial charge in [-0.3, -0.25) is 14.3 Å². The van der Waals surface area contributed by atoms with Gasteiger partial charge in [-0.25, -0.2) is 0 Å². The Morgan fingerprint density at radius 2 is 1.94 bits per heavy atom. The van der Waals surface area contributed by atoms with Gasteiger partial charge >= 0.3 is 0 Å². The van der Waals surface area contributed by atoms with Crippen molar-refractivity contribution in [3.05, 3.63) is 17.0 Å². The molecule has 1 unspecified atom stereocenters. The summed E-state index contributed by atoms with van der Waals surface area (Å²) in [4.78, 5) is 22.9. The number of carbonyl (C=O) groups excluding carboxylic acids is 2. The van der Waals surface area contributed by atoms with Gasteiger partial charge in [0.2, 0.25) is 0 Å². The Morgan fingerprint density at radius 1 is 1.38 bits per heavy atom. The number of hydrogen-bond acceptors (Lipinski definition) is 3. The summed E-state index contributed by atoms with van der Waals surface area (Å²) in [5, 5.41) is 6.80. The molecule has 1 heterocycles. The van der Waals surface area contributed by atoms with Crippen molar-refractivity contribution in [3.63, 3.8) is 0 Å². The molecule has 0 aliphatic carbocycles. The minimum Gasteiger partial charge on any atom is -0.342 e. The third-order valence-electron chi connectivity index (χ3n) is 2.69. The average molecular weight is 223 g/mol. The van der Waals surface area contributed by atoms with Crippen molar-refractivity contribution >= 4 is 11.7 Å². The van der Waals surface area contributed by atoms with Crippen LogP contribution in [-0.2, 0) is 11.8 Å². The second-order valence-electron chi connectivity index (χ2n) is 3.98. The normalized spacial score (nSPS) is 12.3. The molecule has 0 aromatic carbocycles. The van der Waals surface area contributed by atoms with Crippen LogP contribution in [0.2, 0.25) is 0 Å². The number of carbonyl (C=O) groups is 2. The van der Waals surface area contributed by atoms with Crippen molar-refractivity contribution in [2.24, 2.45) is 7.05 Å². The van der Waals surface area contributed by atoms with Gasteiger partial charge in [0.05, 0.1) is 17.3 Å². The van der Waals surface area contributed by atoms with Crippen LogP contribution in [0.3, 0.4) is 0 Å². The summed E-state index contributed by atoms with van der Waals surface area (Å²) < 4.78 is 1.66. The molecule has 0 radical (unpaired) electrons. The van der Waals surface area contributed by atoms with Crippen molar-refractivity contribution in [2.75, 3.05) is 0 Å². The summed E-state index contributed by atoms with van der Waals surface area (Å²) >= 11 is 0. The lowest BCUT2D eigenvalue weighted by molar-refractivity contribution is -0.118. The first kappa shape index (κ1) is 12.4. The van der Waals surface area contributed by atoms with Crippen LogP contribution in [0.15, 0.2) is 0 Å². The molecular weight excluding hydrogens is 206 g/mol. The quantitative estimate of drug-likeness (QED) is 0.822. The van der Waals surface area contributed by atoms with Crippen LogP contribution in [0.4, 0.5) is 0 Å². The predicted octanol–water partition coefficient (Wildman–Crippen LogP) is 0.744. The fourth-order valence-corrected chi connectivity index (χ4v) is 1.47. The van der Waals surface area contributed by atoms with Gasteiger partial charge in [-0.05, 0) is 27.7 Å². The number of aryl methyl sites for hydroxylation is 2. The minimum absolute atomic E-state index is 0.0625. The van der Waals surface area contributed by atoms with E-state index in [0.29, 0.717) is 11.3 Å². The molecule has 0 bridgehead atoms. The van der Waals surface area contributed by atoms with Crippen molar-refractivity contribution in [2.45, 2.75) is 33.7 Å². The van der Waals surface area contributed by atoms with Crippen molar-refractivity contribution in [3.8, 4) is 0 Å². The average Bonchev–Trinajstić information content (AvgIpc) is 2.40. The summed E-state index contributed by atoms with van der Waals surface area (Å²) in [6.45, 7) is 6.73. The molecule has 0 aliphatic heterocycles. The molecule has 1 atom stereocenters. The predicted molar refractivity (Wildman–Crippen MR) is 60.3 cm³/mol. The Morgan fingerprint density at radius 3 is 2.31 bits per heavy atom. The molecular formula is C11H17N3O2. The third-order valence-corrected chi connectivity index (χ3v) is 2.69. The van der Waals surface area contributed by atoms with Crippen LogP contribution in [0.1, 0.15) is 35.6 Å². The Balaban J connectivity index is 2.93. The molecule has 0 saturated carbocycles. The molecule has 88 valence electrons. The maximum absolute atomic E-state index is 11.9. The van der Waals surface area contributed by atoms with Crippen LogP contribution in [0, 0.1) is 13.8 Å². The second-order valence-corrected chi connectivity index (χ2v) is 3.98. The number of nitrogens with one attached hydrogen (secondary N) is 1. The SMILES string of the molecule is CC(=O)C(C)NC(=O)c1c(C)nn(C)c1C. The summed E-state index contributed by atoms with van der Waals surface area (Å²) in [7, 11) is 1.79. The van der Waals surface area contributed by atoms with E-state index in [1.165, 1.54) is 6.92 Å². The molecule has 0 saturated heterocycles. The number of nitrogens with zero attached hydrogens (tertiary/aromatic N) is 2. The van der Waals surface area contributed by atoms with Gasteiger partial charge < -0.3 is 5.32 Å². The fraction of sp³-hybridized carbons (Fsp3) is 0.545.